The molecule has 1 unspecified atom stereocenters. The highest BCUT2D eigenvalue weighted by Gasteiger charge is 2.38. The quantitative estimate of drug-likeness (QED) is 0.106. The van der Waals surface area contributed by atoms with Crippen LogP contribution in [0.25, 0.3) is 48.6 Å². The maximum absolute atomic E-state index is 15.0. The van der Waals surface area contributed by atoms with E-state index in [0.29, 0.717) is 33.4 Å². The van der Waals surface area contributed by atoms with Gasteiger partial charge < -0.3 is 9.47 Å². The molecule has 0 spiro atoms. The lowest BCUT2D eigenvalue weighted by Crippen LogP contribution is -2.31. The van der Waals surface area contributed by atoms with Crippen LogP contribution >= 0.6 is 0 Å². The van der Waals surface area contributed by atoms with Gasteiger partial charge in [0.15, 0.2) is 34.9 Å². The Labute approximate surface area is 266 Å². The fourth-order valence-corrected chi connectivity index (χ4v) is 5.28. The Morgan fingerprint density at radius 3 is 1.79 bits per heavy atom. The number of allylic oxidation sites excluding steroid dienone is 1. The summed E-state index contributed by atoms with van der Waals surface area (Å²) in [6.45, 7) is 19.7. The molecule has 1 atom stereocenters. The molecule has 0 radical (unpaired) electrons. The van der Waals surface area contributed by atoms with Gasteiger partial charge in [0.25, 0.3) is 5.70 Å². The largest absolute Gasteiger partial charge is 0.488 e. The van der Waals surface area contributed by atoms with Gasteiger partial charge in [-0.05, 0) is 102 Å². The van der Waals surface area contributed by atoms with Gasteiger partial charge in [-0.15, -0.1) is 0 Å². The molecule has 0 bridgehead atoms. The van der Waals surface area contributed by atoms with E-state index in [9.17, 15) is 23.7 Å². The Balaban J connectivity index is 1.72. The SMILES string of the molecule is [C-]#[N+]/C(C#N)=C1/c2cc(C#N)c(-c3ccc(OC(C)C(F)(F)F)c(F)c3)cc2-c2cc(-c3ccc(OC(C)C)c(F)c3)c([N+]#[C-])cc21. The zero-order valence-corrected chi connectivity index (χ0v) is 24.9. The van der Waals surface area contributed by atoms with Crippen molar-refractivity contribution in [2.75, 3.05) is 0 Å². The molecule has 0 saturated heterocycles. The molecular weight excluding hydrogens is 615 g/mol. The lowest BCUT2D eigenvalue weighted by molar-refractivity contribution is -0.189. The average Bonchev–Trinajstić information content (AvgIpc) is 3.33. The van der Waals surface area contributed by atoms with Gasteiger partial charge in [0, 0.05) is 11.1 Å². The van der Waals surface area contributed by atoms with Gasteiger partial charge in [-0.2, -0.15) is 18.4 Å². The predicted molar refractivity (Wildman–Crippen MR) is 164 cm³/mol. The van der Waals surface area contributed by atoms with Crippen LogP contribution in [0.5, 0.6) is 11.5 Å². The molecule has 0 heterocycles. The molecule has 0 amide bonds. The zero-order chi connectivity index (χ0) is 34.2. The summed E-state index contributed by atoms with van der Waals surface area (Å²) in [5, 5.41) is 19.9. The van der Waals surface area contributed by atoms with Gasteiger partial charge in [-0.1, -0.05) is 18.2 Å². The third kappa shape index (κ3) is 5.96. The van der Waals surface area contributed by atoms with Crippen LogP contribution in [0.3, 0.4) is 0 Å². The van der Waals surface area contributed by atoms with Crippen molar-refractivity contribution in [3.05, 3.63) is 118 Å². The minimum Gasteiger partial charge on any atom is -0.488 e. The van der Waals surface area contributed by atoms with Gasteiger partial charge >= 0.3 is 6.18 Å². The number of benzene rings is 4. The first-order chi connectivity index (χ1) is 22.3. The Kier molecular flexibility index (Phi) is 8.45. The zero-order valence-electron chi connectivity index (χ0n) is 24.9. The first-order valence-corrected chi connectivity index (χ1v) is 14.0. The van der Waals surface area contributed by atoms with Gasteiger partial charge in [-0.25, -0.2) is 23.7 Å². The second kappa shape index (κ2) is 12.3. The van der Waals surface area contributed by atoms with Crippen molar-refractivity contribution in [3.8, 4) is 57.0 Å². The van der Waals surface area contributed by atoms with E-state index >= 15 is 8.78 Å². The lowest BCUT2D eigenvalue weighted by atomic mass is 9.92. The molecule has 4 aromatic carbocycles. The smallest absolute Gasteiger partial charge is 0.425 e. The van der Waals surface area contributed by atoms with E-state index in [4.69, 9.17) is 22.6 Å². The van der Waals surface area contributed by atoms with E-state index in [0.717, 1.165) is 19.1 Å². The Morgan fingerprint density at radius 1 is 0.745 bits per heavy atom. The average molecular weight is 637 g/mol. The van der Waals surface area contributed by atoms with Crippen molar-refractivity contribution >= 4 is 11.3 Å². The van der Waals surface area contributed by atoms with Crippen molar-refractivity contribution in [2.24, 2.45) is 0 Å². The van der Waals surface area contributed by atoms with Crippen LogP contribution in [0.2, 0.25) is 0 Å². The summed E-state index contributed by atoms with van der Waals surface area (Å²) in [6.07, 6.45) is -7.26. The van der Waals surface area contributed by atoms with Crippen molar-refractivity contribution < 1.29 is 31.4 Å². The molecule has 11 heteroatoms. The summed E-state index contributed by atoms with van der Waals surface area (Å²) < 4.78 is 79.3. The van der Waals surface area contributed by atoms with Crippen molar-refractivity contribution in [1.29, 1.82) is 10.5 Å². The molecule has 0 saturated carbocycles. The Hall–Kier alpha value is -6.17. The monoisotopic (exact) mass is 636 g/mol. The topological polar surface area (TPSA) is 74.8 Å². The summed E-state index contributed by atoms with van der Waals surface area (Å²) in [4.78, 5) is 6.99. The fourth-order valence-electron chi connectivity index (χ4n) is 5.28. The van der Waals surface area contributed by atoms with Gasteiger partial charge in [0.1, 0.15) is 0 Å². The highest BCUT2D eigenvalue weighted by Crippen LogP contribution is 2.51. The van der Waals surface area contributed by atoms with Crippen LogP contribution in [0.4, 0.5) is 27.6 Å². The Morgan fingerprint density at radius 2 is 1.30 bits per heavy atom. The number of nitriles is 2. The van der Waals surface area contributed by atoms with Crippen LogP contribution in [0, 0.1) is 47.4 Å². The normalized spacial score (nSPS) is 13.4. The van der Waals surface area contributed by atoms with E-state index in [1.54, 1.807) is 32.0 Å². The molecule has 0 fully saturated rings. The van der Waals surface area contributed by atoms with Gasteiger partial charge in [0.05, 0.1) is 37.0 Å². The van der Waals surface area contributed by atoms with E-state index < -0.39 is 29.7 Å². The number of ether oxygens (including phenoxy) is 2. The van der Waals surface area contributed by atoms with E-state index in [-0.39, 0.29) is 45.5 Å². The van der Waals surface area contributed by atoms with Crippen molar-refractivity contribution in [1.82, 2.24) is 0 Å². The maximum Gasteiger partial charge on any atom is 0.425 e. The van der Waals surface area contributed by atoms with Crippen LogP contribution in [-0.2, 0) is 0 Å². The number of nitrogens with zero attached hydrogens (tertiary/aromatic N) is 4. The van der Waals surface area contributed by atoms with Crippen LogP contribution in [-0.4, -0.2) is 18.4 Å². The second-order valence-corrected chi connectivity index (χ2v) is 10.8. The molecule has 1 aliphatic rings. The number of halogens is 5. The summed E-state index contributed by atoms with van der Waals surface area (Å²) in [6, 6.07) is 17.6. The molecule has 4 aromatic rings. The van der Waals surface area contributed by atoms with E-state index in [1.165, 1.54) is 30.3 Å². The van der Waals surface area contributed by atoms with Crippen molar-refractivity contribution in [3.63, 3.8) is 0 Å². The van der Waals surface area contributed by atoms with E-state index in [2.05, 4.69) is 9.69 Å². The predicted octanol–water partition coefficient (Wildman–Crippen LogP) is 10.0. The highest BCUT2D eigenvalue weighted by atomic mass is 19.4. The minimum atomic E-state index is -4.72. The third-order valence-electron chi connectivity index (χ3n) is 7.43. The summed E-state index contributed by atoms with van der Waals surface area (Å²) in [5.74, 6) is -2.32. The molecule has 5 rings (SSSR count). The molecule has 1 aliphatic carbocycles. The lowest BCUT2D eigenvalue weighted by Gasteiger charge is -2.18. The number of fused-ring (bicyclic) bond motifs is 3. The van der Waals surface area contributed by atoms with Gasteiger partial charge in [0.2, 0.25) is 0 Å². The second-order valence-electron chi connectivity index (χ2n) is 10.8. The highest BCUT2D eigenvalue weighted by molar-refractivity contribution is 6.07. The fraction of sp³-hybridized carbons (Fsp3) is 0.167. The molecule has 47 heavy (non-hydrogen) atoms. The Bertz CT molecular complexity index is 2140. The molecular formula is C36H21F5N4O2. The standard InChI is InChI=1S/C36H21F5N4O2/c1-18(2)46-33-8-7-21(12-29(33)37)24-14-26-25-13-23(20-6-9-34(30(38)11-20)47-19(3)36(39,40)41)22(16-42)10-27(25)35(32(17-43)45-5)28(26)15-31(24)44-4/h6-15,18-19H,1-3H3/b35-32-. The molecule has 0 aromatic heterocycles. The first-order valence-electron chi connectivity index (χ1n) is 14.0. The molecule has 0 N–H and O–H groups in total. The number of hydrogen-bond donors (Lipinski definition) is 0. The van der Waals surface area contributed by atoms with Crippen LogP contribution in [0.15, 0.2) is 66.4 Å². The summed E-state index contributed by atoms with van der Waals surface area (Å²) in [5.41, 5.74) is 2.70. The van der Waals surface area contributed by atoms with Crippen LogP contribution in [0.1, 0.15) is 37.5 Å². The molecule has 0 aliphatic heterocycles. The first kappa shape index (κ1) is 32.2. The number of hydrogen-bond acceptors (Lipinski definition) is 4. The van der Waals surface area contributed by atoms with Crippen molar-refractivity contribution in [2.45, 2.75) is 39.2 Å². The molecule has 232 valence electrons. The molecule has 6 nitrogen and oxygen atoms in total. The summed E-state index contributed by atoms with van der Waals surface area (Å²) >= 11 is 0. The van der Waals surface area contributed by atoms with Gasteiger partial charge in [-0.3, -0.25) is 0 Å². The number of alkyl halides is 3. The maximum atomic E-state index is 15.0. The van der Waals surface area contributed by atoms with Crippen LogP contribution < -0.4 is 9.47 Å². The van der Waals surface area contributed by atoms with E-state index in [1.807, 2.05) is 12.1 Å². The third-order valence-corrected chi connectivity index (χ3v) is 7.43. The number of rotatable bonds is 6. The summed E-state index contributed by atoms with van der Waals surface area (Å²) in [7, 11) is 0. The minimum absolute atomic E-state index is 0.0292.